The molecular formula is C16H14N4S. The maximum absolute atomic E-state index is 5.63. The molecule has 0 bridgehead atoms. The van der Waals surface area contributed by atoms with Crippen molar-refractivity contribution in [3.63, 3.8) is 0 Å². The zero-order valence-corrected chi connectivity index (χ0v) is 12.2. The number of fused-ring (bicyclic) bond motifs is 2. The lowest BCUT2D eigenvalue weighted by atomic mass is 10.0. The van der Waals surface area contributed by atoms with E-state index in [1.54, 1.807) is 0 Å². The predicted octanol–water partition coefficient (Wildman–Crippen LogP) is 3.33. The molecule has 0 amide bonds. The largest absolute Gasteiger partial charge is 0.308 e. The number of hydrogen-bond donors (Lipinski definition) is 2. The normalized spacial score (nSPS) is 13.4. The molecule has 2 aromatic carbocycles. The molecule has 0 fully saturated rings. The van der Waals surface area contributed by atoms with Crippen LogP contribution in [0.3, 0.4) is 0 Å². The molecule has 2 heterocycles. The fraction of sp³-hybridized carbons (Fsp3) is 0.125. The van der Waals surface area contributed by atoms with Gasteiger partial charge in [-0.1, -0.05) is 42.5 Å². The van der Waals surface area contributed by atoms with Gasteiger partial charge in [-0.3, -0.25) is 0 Å². The first kappa shape index (κ1) is 12.6. The van der Waals surface area contributed by atoms with Gasteiger partial charge in [0.1, 0.15) is 5.82 Å². The Bertz CT molecular complexity index is 826. The Labute approximate surface area is 126 Å². The highest BCUT2D eigenvalue weighted by atomic mass is 32.2. The Hall–Kier alpha value is -2.11. The maximum Gasteiger partial charge on any atom is 0.162 e. The number of benzene rings is 2. The molecule has 4 rings (SSSR count). The molecule has 0 radical (unpaired) electrons. The second-order valence-corrected chi connectivity index (χ2v) is 5.97. The maximum atomic E-state index is 5.63. The van der Waals surface area contributed by atoms with Crippen LogP contribution in [0.25, 0.3) is 22.2 Å². The minimum atomic E-state index is 0.737. The van der Waals surface area contributed by atoms with Crippen molar-refractivity contribution < 1.29 is 0 Å². The third-order valence-corrected chi connectivity index (χ3v) is 4.72. The van der Waals surface area contributed by atoms with Gasteiger partial charge in [-0.25, -0.2) is 15.8 Å². The van der Waals surface area contributed by atoms with E-state index in [2.05, 4.69) is 34.7 Å². The number of nitrogens with two attached hydrogens (primary N) is 1. The van der Waals surface area contributed by atoms with E-state index in [4.69, 9.17) is 10.8 Å². The highest BCUT2D eigenvalue weighted by molar-refractivity contribution is 7.98. The van der Waals surface area contributed by atoms with Crippen LogP contribution in [-0.2, 0) is 11.5 Å². The second kappa shape index (κ2) is 5.02. The second-order valence-electron chi connectivity index (χ2n) is 4.98. The molecule has 0 saturated carbocycles. The molecule has 0 atom stereocenters. The lowest BCUT2D eigenvalue weighted by Crippen LogP contribution is -2.12. The average Bonchev–Trinajstić information content (AvgIpc) is 3.02. The van der Waals surface area contributed by atoms with E-state index in [0.717, 1.165) is 45.4 Å². The molecule has 21 heavy (non-hydrogen) atoms. The van der Waals surface area contributed by atoms with Crippen molar-refractivity contribution in [2.24, 2.45) is 5.84 Å². The molecule has 1 aromatic heterocycles. The van der Waals surface area contributed by atoms with E-state index in [9.17, 15) is 0 Å². The number of thioether (sulfide) groups is 1. The Morgan fingerprint density at radius 3 is 2.76 bits per heavy atom. The lowest BCUT2D eigenvalue weighted by Gasteiger charge is -2.10. The summed E-state index contributed by atoms with van der Waals surface area (Å²) in [6, 6.07) is 14.5. The van der Waals surface area contributed by atoms with Crippen LogP contribution in [0.15, 0.2) is 42.5 Å². The smallest absolute Gasteiger partial charge is 0.162 e. The van der Waals surface area contributed by atoms with Crippen LogP contribution in [0.4, 0.5) is 5.82 Å². The predicted molar refractivity (Wildman–Crippen MR) is 87.8 cm³/mol. The summed E-state index contributed by atoms with van der Waals surface area (Å²) in [5, 5.41) is 2.35. The molecule has 1 aliphatic heterocycles. The zero-order valence-electron chi connectivity index (χ0n) is 11.3. The summed E-state index contributed by atoms with van der Waals surface area (Å²) in [5.41, 5.74) is 5.99. The minimum Gasteiger partial charge on any atom is -0.308 e. The Morgan fingerprint density at radius 1 is 1.00 bits per heavy atom. The van der Waals surface area contributed by atoms with Crippen molar-refractivity contribution in [1.29, 1.82) is 0 Å². The van der Waals surface area contributed by atoms with Gasteiger partial charge in [0, 0.05) is 22.6 Å². The highest BCUT2D eigenvalue weighted by Crippen LogP contribution is 2.35. The number of aromatic nitrogens is 2. The van der Waals surface area contributed by atoms with Gasteiger partial charge in [-0.2, -0.15) is 11.8 Å². The first-order valence-corrected chi connectivity index (χ1v) is 7.94. The summed E-state index contributed by atoms with van der Waals surface area (Å²) in [7, 11) is 0. The lowest BCUT2D eigenvalue weighted by molar-refractivity contribution is 1.06. The number of nitrogen functional groups attached to an aromatic ring is 1. The third kappa shape index (κ3) is 2.05. The van der Waals surface area contributed by atoms with E-state index in [1.165, 1.54) is 5.39 Å². The Kier molecular flexibility index (Phi) is 3.02. The number of hydrogen-bond acceptors (Lipinski definition) is 5. The van der Waals surface area contributed by atoms with Gasteiger partial charge in [0.25, 0.3) is 0 Å². The molecule has 3 N–H and O–H groups in total. The number of hydrazine groups is 1. The van der Waals surface area contributed by atoms with Crippen LogP contribution in [0, 0.1) is 0 Å². The van der Waals surface area contributed by atoms with Gasteiger partial charge in [0.2, 0.25) is 0 Å². The number of anilines is 1. The van der Waals surface area contributed by atoms with Crippen molar-refractivity contribution in [3.8, 4) is 11.4 Å². The van der Waals surface area contributed by atoms with Crippen LogP contribution in [0.5, 0.6) is 0 Å². The van der Waals surface area contributed by atoms with Gasteiger partial charge in [0.15, 0.2) is 5.82 Å². The highest BCUT2D eigenvalue weighted by Gasteiger charge is 2.20. The van der Waals surface area contributed by atoms with Crippen molar-refractivity contribution in [3.05, 3.63) is 53.7 Å². The van der Waals surface area contributed by atoms with Crippen LogP contribution in [0.2, 0.25) is 0 Å². The van der Waals surface area contributed by atoms with Gasteiger partial charge in [0.05, 0.1) is 5.69 Å². The van der Waals surface area contributed by atoms with Crippen molar-refractivity contribution >= 4 is 28.4 Å². The molecule has 0 unspecified atom stereocenters. The fourth-order valence-electron chi connectivity index (χ4n) is 2.71. The van der Waals surface area contributed by atoms with Gasteiger partial charge in [-0.05, 0) is 10.8 Å². The zero-order chi connectivity index (χ0) is 14.2. The van der Waals surface area contributed by atoms with E-state index in [0.29, 0.717) is 0 Å². The SMILES string of the molecule is NNc1nc(-c2cccc3ccccc23)nc2c1CSC2. The fourth-order valence-corrected chi connectivity index (χ4v) is 3.75. The molecule has 3 aromatic rings. The number of nitrogens with one attached hydrogen (secondary N) is 1. The number of rotatable bonds is 2. The average molecular weight is 294 g/mol. The summed E-state index contributed by atoms with van der Waals surface area (Å²) >= 11 is 1.84. The molecule has 1 aliphatic rings. The van der Waals surface area contributed by atoms with Crippen LogP contribution >= 0.6 is 11.8 Å². The monoisotopic (exact) mass is 294 g/mol. The summed E-state index contributed by atoms with van der Waals surface area (Å²) in [6.07, 6.45) is 0. The third-order valence-electron chi connectivity index (χ3n) is 3.75. The summed E-state index contributed by atoms with van der Waals surface area (Å²) in [5.74, 6) is 8.96. The van der Waals surface area contributed by atoms with Gasteiger partial charge >= 0.3 is 0 Å². The summed E-state index contributed by atoms with van der Waals surface area (Å²) in [4.78, 5) is 9.38. The van der Waals surface area contributed by atoms with E-state index in [1.807, 2.05) is 30.0 Å². The standard InChI is InChI=1S/C16H14N4S/c17-20-16-13-8-21-9-14(13)18-15(19-16)12-7-3-5-10-4-1-2-6-11(10)12/h1-7H,8-9,17H2,(H,18,19,20). The molecule has 5 heteroatoms. The summed E-state index contributed by atoms with van der Waals surface area (Å²) < 4.78 is 0. The molecule has 0 spiro atoms. The molecule has 104 valence electrons. The van der Waals surface area contributed by atoms with Crippen molar-refractivity contribution in [1.82, 2.24) is 9.97 Å². The van der Waals surface area contributed by atoms with E-state index in [-0.39, 0.29) is 0 Å². The van der Waals surface area contributed by atoms with Crippen LogP contribution in [0.1, 0.15) is 11.3 Å². The quantitative estimate of drug-likeness (QED) is 0.560. The Balaban J connectivity index is 1.97. The molecule has 0 aliphatic carbocycles. The van der Waals surface area contributed by atoms with E-state index >= 15 is 0 Å². The van der Waals surface area contributed by atoms with E-state index < -0.39 is 0 Å². The first-order valence-electron chi connectivity index (χ1n) is 6.79. The Morgan fingerprint density at radius 2 is 1.86 bits per heavy atom. The number of nitrogens with zero attached hydrogens (tertiary/aromatic N) is 2. The molecule has 0 saturated heterocycles. The van der Waals surface area contributed by atoms with Gasteiger partial charge < -0.3 is 5.43 Å². The minimum absolute atomic E-state index is 0.737. The van der Waals surface area contributed by atoms with Gasteiger partial charge in [-0.15, -0.1) is 0 Å². The van der Waals surface area contributed by atoms with Crippen molar-refractivity contribution in [2.45, 2.75) is 11.5 Å². The summed E-state index contributed by atoms with van der Waals surface area (Å²) in [6.45, 7) is 0. The van der Waals surface area contributed by atoms with Crippen LogP contribution < -0.4 is 11.3 Å². The first-order chi connectivity index (χ1) is 10.4. The molecule has 4 nitrogen and oxygen atoms in total. The van der Waals surface area contributed by atoms with Crippen LogP contribution in [-0.4, -0.2) is 9.97 Å². The topological polar surface area (TPSA) is 63.8 Å². The van der Waals surface area contributed by atoms with Crippen molar-refractivity contribution in [2.75, 3.05) is 5.43 Å². The molecular weight excluding hydrogens is 280 g/mol.